The Balaban J connectivity index is 1.54. The second-order valence-corrected chi connectivity index (χ2v) is 7.50. The maximum Gasteiger partial charge on any atom is 0.227 e. The monoisotopic (exact) mass is 411 g/mol. The van der Waals surface area contributed by atoms with Crippen LogP contribution in [0.1, 0.15) is 28.2 Å². The Morgan fingerprint density at radius 3 is 2.52 bits per heavy atom. The minimum absolute atomic E-state index is 0.0976. The zero-order chi connectivity index (χ0) is 21.4. The fourth-order valence-electron chi connectivity index (χ4n) is 4.14. The fraction of sp³-hybridized carbons (Fsp3) is 0.0769. The van der Waals surface area contributed by atoms with E-state index in [0.29, 0.717) is 29.2 Å². The van der Waals surface area contributed by atoms with Gasteiger partial charge in [0.1, 0.15) is 11.6 Å². The Morgan fingerprint density at radius 2 is 1.71 bits per heavy atom. The zero-order valence-corrected chi connectivity index (χ0v) is 16.6. The lowest BCUT2D eigenvalue weighted by Gasteiger charge is -2.27. The van der Waals surface area contributed by atoms with Crippen LogP contribution in [0, 0.1) is 25.0 Å². The molecule has 152 valence electrons. The number of halogens is 2. The number of hydrogen-bond donors (Lipinski definition) is 1. The van der Waals surface area contributed by atoms with Crippen molar-refractivity contribution in [2.45, 2.75) is 12.3 Å². The summed E-state index contributed by atoms with van der Waals surface area (Å²) in [4.78, 5) is 9.20. The molecule has 0 unspecified atom stereocenters. The molecular formula is C26H19F2N3. The lowest BCUT2D eigenvalue weighted by Crippen LogP contribution is -2.16. The molecule has 31 heavy (non-hydrogen) atoms. The molecule has 2 radical (unpaired) electrons. The highest BCUT2D eigenvalue weighted by molar-refractivity contribution is 5.73. The molecule has 3 aromatic carbocycles. The molecule has 1 N–H and O–H groups in total. The smallest absolute Gasteiger partial charge is 0.227 e. The molecule has 0 fully saturated rings. The molecule has 1 aliphatic rings. The van der Waals surface area contributed by atoms with E-state index in [1.807, 2.05) is 36.4 Å². The molecule has 1 aromatic heterocycles. The van der Waals surface area contributed by atoms with E-state index < -0.39 is 0 Å². The number of rotatable bonds is 4. The van der Waals surface area contributed by atoms with Gasteiger partial charge in [0.15, 0.2) is 0 Å². The van der Waals surface area contributed by atoms with Gasteiger partial charge in [0, 0.05) is 23.4 Å². The third kappa shape index (κ3) is 3.56. The minimum Gasteiger partial charge on any atom is -0.324 e. The van der Waals surface area contributed by atoms with E-state index in [9.17, 15) is 8.78 Å². The van der Waals surface area contributed by atoms with Crippen molar-refractivity contribution < 1.29 is 8.78 Å². The van der Waals surface area contributed by atoms with E-state index in [4.69, 9.17) is 4.98 Å². The first kappa shape index (κ1) is 19.4. The lowest BCUT2D eigenvalue weighted by atomic mass is 9.78. The number of fused-ring (bicyclic) bond motifs is 3. The van der Waals surface area contributed by atoms with Crippen molar-refractivity contribution in [1.82, 2.24) is 9.97 Å². The van der Waals surface area contributed by atoms with Crippen molar-refractivity contribution in [2.24, 2.45) is 0 Å². The Bertz CT molecular complexity index is 1270. The summed E-state index contributed by atoms with van der Waals surface area (Å²) in [7, 11) is 0. The molecule has 0 amide bonds. The summed E-state index contributed by atoms with van der Waals surface area (Å²) in [6, 6.07) is 19.5. The first-order valence-corrected chi connectivity index (χ1v) is 10.0. The van der Waals surface area contributed by atoms with Crippen LogP contribution in [0.25, 0.3) is 11.3 Å². The van der Waals surface area contributed by atoms with Gasteiger partial charge in [-0.1, -0.05) is 42.5 Å². The quantitative estimate of drug-likeness (QED) is 0.432. The summed E-state index contributed by atoms with van der Waals surface area (Å²) >= 11 is 0. The van der Waals surface area contributed by atoms with Crippen molar-refractivity contribution >= 4 is 11.6 Å². The highest BCUT2D eigenvalue weighted by Crippen LogP contribution is 2.42. The normalized spacial score (nSPS) is 14.6. The molecule has 4 aromatic rings. The van der Waals surface area contributed by atoms with Crippen LogP contribution >= 0.6 is 0 Å². The van der Waals surface area contributed by atoms with Crippen LogP contribution in [-0.2, 0) is 6.42 Å². The molecule has 1 atom stereocenters. The number of anilines is 2. The number of nitrogens with one attached hydrogen (secondary N) is 1. The van der Waals surface area contributed by atoms with Crippen molar-refractivity contribution in [3.05, 3.63) is 120 Å². The van der Waals surface area contributed by atoms with Gasteiger partial charge in [-0.05, 0) is 66.3 Å². The summed E-state index contributed by atoms with van der Waals surface area (Å²) in [6.45, 7) is 3.64. The van der Waals surface area contributed by atoms with Gasteiger partial charge in [0.05, 0.1) is 5.69 Å². The molecule has 0 spiro atoms. The van der Waals surface area contributed by atoms with Gasteiger partial charge in [-0.25, -0.2) is 18.7 Å². The van der Waals surface area contributed by atoms with Gasteiger partial charge in [0.25, 0.3) is 0 Å². The van der Waals surface area contributed by atoms with Crippen LogP contribution in [0.3, 0.4) is 0 Å². The molecular weight excluding hydrogens is 392 g/mol. The molecule has 0 aliphatic heterocycles. The van der Waals surface area contributed by atoms with Crippen LogP contribution in [-0.4, -0.2) is 9.97 Å². The predicted molar refractivity (Wildman–Crippen MR) is 118 cm³/mol. The van der Waals surface area contributed by atoms with Gasteiger partial charge in [0.2, 0.25) is 5.95 Å². The summed E-state index contributed by atoms with van der Waals surface area (Å²) < 4.78 is 28.3. The second kappa shape index (κ2) is 7.91. The summed E-state index contributed by atoms with van der Waals surface area (Å²) in [5, 5.41) is 3.14. The highest BCUT2D eigenvalue weighted by Gasteiger charge is 2.28. The van der Waals surface area contributed by atoms with E-state index in [0.717, 1.165) is 22.4 Å². The lowest BCUT2D eigenvalue weighted by molar-refractivity contribution is 0.593. The Labute approximate surface area is 179 Å². The number of nitrogens with zero attached hydrogens (tertiary/aromatic N) is 2. The number of aromatic nitrogens is 2. The van der Waals surface area contributed by atoms with Crippen LogP contribution in [0.2, 0.25) is 0 Å². The summed E-state index contributed by atoms with van der Waals surface area (Å²) in [5.41, 5.74) is 5.54. The average molecular weight is 411 g/mol. The molecule has 1 aliphatic carbocycles. The van der Waals surface area contributed by atoms with Crippen molar-refractivity contribution in [3.63, 3.8) is 0 Å². The van der Waals surface area contributed by atoms with Crippen molar-refractivity contribution in [3.8, 4) is 11.3 Å². The Hall–Kier alpha value is -3.60. The summed E-state index contributed by atoms with van der Waals surface area (Å²) in [6.07, 6.45) is 3.87. The first-order valence-electron chi connectivity index (χ1n) is 10.0. The van der Waals surface area contributed by atoms with Gasteiger partial charge < -0.3 is 5.32 Å². The third-order valence-electron chi connectivity index (χ3n) is 5.63. The molecule has 5 rings (SSSR count). The van der Waals surface area contributed by atoms with Crippen molar-refractivity contribution in [2.75, 3.05) is 5.32 Å². The van der Waals surface area contributed by atoms with E-state index in [1.54, 1.807) is 24.4 Å². The minimum atomic E-state index is -0.333. The van der Waals surface area contributed by atoms with Crippen LogP contribution < -0.4 is 5.32 Å². The topological polar surface area (TPSA) is 37.8 Å². The summed E-state index contributed by atoms with van der Waals surface area (Å²) in [5.74, 6) is -0.224. The fourth-order valence-corrected chi connectivity index (χ4v) is 4.14. The van der Waals surface area contributed by atoms with Gasteiger partial charge in [-0.3, -0.25) is 0 Å². The molecule has 0 saturated carbocycles. The molecule has 5 heteroatoms. The third-order valence-corrected chi connectivity index (χ3v) is 5.63. The first-order chi connectivity index (χ1) is 15.1. The second-order valence-electron chi connectivity index (χ2n) is 7.50. The molecule has 0 bridgehead atoms. The molecule has 0 saturated heterocycles. The SMILES string of the molecule is [CH2][CH]c1cc(Nc2ncc3c(n2)-c2ccccc2[C@H](c2ccccc2F)C3)ccc1F. The highest BCUT2D eigenvalue weighted by atomic mass is 19.1. The van der Waals surface area contributed by atoms with E-state index in [2.05, 4.69) is 17.2 Å². The van der Waals surface area contributed by atoms with Crippen molar-refractivity contribution in [1.29, 1.82) is 0 Å². The maximum absolute atomic E-state index is 14.6. The molecule has 3 nitrogen and oxygen atoms in total. The zero-order valence-electron chi connectivity index (χ0n) is 16.6. The van der Waals surface area contributed by atoms with Crippen LogP contribution in [0.15, 0.2) is 72.9 Å². The number of hydrogen-bond acceptors (Lipinski definition) is 3. The van der Waals surface area contributed by atoms with Crippen LogP contribution in [0.5, 0.6) is 0 Å². The van der Waals surface area contributed by atoms with Gasteiger partial charge >= 0.3 is 0 Å². The van der Waals surface area contributed by atoms with Crippen LogP contribution in [0.4, 0.5) is 20.4 Å². The van der Waals surface area contributed by atoms with E-state index in [-0.39, 0.29) is 17.6 Å². The molecule has 1 heterocycles. The van der Waals surface area contributed by atoms with E-state index >= 15 is 0 Å². The number of benzene rings is 3. The maximum atomic E-state index is 14.6. The Morgan fingerprint density at radius 1 is 0.935 bits per heavy atom. The van der Waals surface area contributed by atoms with E-state index in [1.165, 1.54) is 18.6 Å². The Kier molecular flexibility index (Phi) is 4.94. The standard InChI is InChI=1S/C26H19F2N3/c1-2-16-13-18(11-12-23(16)27)30-26-29-15-17-14-22(20-8-5-6-10-24(20)28)19-7-3-4-9-21(19)25(17)31-26/h2-13,15,22H,1,14H2,(H,29,30,31)/t22-/m1/s1. The largest absolute Gasteiger partial charge is 0.324 e. The van der Waals surface area contributed by atoms with Gasteiger partial charge in [-0.15, -0.1) is 0 Å². The average Bonchev–Trinajstić information content (AvgIpc) is 2.80. The predicted octanol–water partition coefficient (Wildman–Crippen LogP) is 6.24. The van der Waals surface area contributed by atoms with Gasteiger partial charge in [-0.2, -0.15) is 0 Å².